The Balaban J connectivity index is 1.58. The first-order chi connectivity index (χ1) is 13.9. The van der Waals surface area contributed by atoms with Gasteiger partial charge in [0.25, 0.3) is 5.91 Å². The Hall–Kier alpha value is -3.15. The zero-order chi connectivity index (χ0) is 20.8. The number of amides is 3. The number of carbonyl (C=O) groups excluding carboxylic acids is 3. The second-order valence-electron chi connectivity index (χ2n) is 7.73. The Bertz CT molecular complexity index is 873. The van der Waals surface area contributed by atoms with Crippen molar-refractivity contribution < 1.29 is 14.4 Å². The number of nitrogens with one attached hydrogen (secondary N) is 2. The number of hydrogen-bond acceptors (Lipinski definition) is 3. The van der Waals surface area contributed by atoms with Crippen LogP contribution < -0.4 is 15.5 Å². The van der Waals surface area contributed by atoms with Crippen molar-refractivity contribution >= 4 is 34.8 Å². The highest BCUT2D eigenvalue weighted by atomic mass is 16.2. The molecule has 1 aliphatic rings. The third kappa shape index (κ3) is 5.67. The number of carbonyl (C=O) groups is 3. The van der Waals surface area contributed by atoms with Gasteiger partial charge in [-0.3, -0.25) is 14.4 Å². The van der Waals surface area contributed by atoms with Crippen molar-refractivity contribution in [3.05, 3.63) is 54.1 Å². The molecule has 152 valence electrons. The third-order valence-corrected chi connectivity index (χ3v) is 4.78. The minimum absolute atomic E-state index is 0.0240. The lowest BCUT2D eigenvalue weighted by atomic mass is 10.1. The third-order valence-electron chi connectivity index (χ3n) is 4.78. The van der Waals surface area contributed by atoms with Crippen LogP contribution in [-0.2, 0) is 9.59 Å². The van der Waals surface area contributed by atoms with Crippen molar-refractivity contribution in [2.45, 2.75) is 39.5 Å². The van der Waals surface area contributed by atoms with Gasteiger partial charge in [0.15, 0.2) is 0 Å². The van der Waals surface area contributed by atoms with Crippen LogP contribution in [0.15, 0.2) is 48.5 Å². The first kappa shape index (κ1) is 20.6. The first-order valence-electron chi connectivity index (χ1n) is 10.0. The monoisotopic (exact) mass is 393 g/mol. The molecular formula is C23H27N3O3. The van der Waals surface area contributed by atoms with E-state index in [1.807, 2.05) is 26.0 Å². The molecule has 1 aliphatic heterocycles. The maximum Gasteiger partial charge on any atom is 0.255 e. The summed E-state index contributed by atoms with van der Waals surface area (Å²) in [7, 11) is 0. The fraction of sp³-hybridized carbons (Fsp3) is 0.348. The van der Waals surface area contributed by atoms with Crippen molar-refractivity contribution in [1.82, 2.24) is 0 Å². The predicted molar refractivity (Wildman–Crippen MR) is 115 cm³/mol. The van der Waals surface area contributed by atoms with E-state index in [-0.39, 0.29) is 17.7 Å². The number of anilines is 3. The summed E-state index contributed by atoms with van der Waals surface area (Å²) in [6, 6.07) is 14.1. The Morgan fingerprint density at radius 3 is 2.14 bits per heavy atom. The van der Waals surface area contributed by atoms with Crippen LogP contribution in [0, 0.1) is 5.92 Å². The van der Waals surface area contributed by atoms with Crippen LogP contribution in [0.4, 0.5) is 17.1 Å². The number of rotatable bonds is 6. The topological polar surface area (TPSA) is 78.5 Å². The van der Waals surface area contributed by atoms with Gasteiger partial charge in [-0.05, 0) is 67.3 Å². The predicted octanol–water partition coefficient (Wildman–Crippen LogP) is 4.44. The summed E-state index contributed by atoms with van der Waals surface area (Å²) in [4.78, 5) is 38.1. The van der Waals surface area contributed by atoms with Crippen LogP contribution in [0.5, 0.6) is 0 Å². The maximum atomic E-state index is 12.5. The lowest BCUT2D eigenvalue weighted by molar-refractivity contribution is -0.119. The normalized spacial score (nSPS) is 14.0. The summed E-state index contributed by atoms with van der Waals surface area (Å²) < 4.78 is 0. The van der Waals surface area contributed by atoms with Gasteiger partial charge in [0.05, 0.1) is 0 Å². The quantitative estimate of drug-likeness (QED) is 0.761. The summed E-state index contributed by atoms with van der Waals surface area (Å²) in [5, 5.41) is 5.69. The second-order valence-corrected chi connectivity index (χ2v) is 7.73. The smallest absolute Gasteiger partial charge is 0.255 e. The second kappa shape index (κ2) is 9.37. The molecule has 3 amide bonds. The molecule has 6 nitrogen and oxygen atoms in total. The minimum Gasteiger partial charge on any atom is -0.326 e. The zero-order valence-electron chi connectivity index (χ0n) is 16.9. The number of benzene rings is 2. The Morgan fingerprint density at radius 2 is 1.55 bits per heavy atom. The molecule has 1 heterocycles. The SMILES string of the molecule is CC(C)CC(=O)Nc1ccc(NC(=O)c2ccc(N3CCCCC3=O)cc2)cc1. The molecular weight excluding hydrogens is 366 g/mol. The van der Waals surface area contributed by atoms with Crippen molar-refractivity contribution in [2.24, 2.45) is 5.92 Å². The van der Waals surface area contributed by atoms with Crippen LogP contribution in [-0.4, -0.2) is 24.3 Å². The van der Waals surface area contributed by atoms with E-state index in [0.29, 0.717) is 35.7 Å². The number of nitrogens with zero attached hydrogens (tertiary/aromatic N) is 1. The van der Waals surface area contributed by atoms with Crippen LogP contribution in [0.3, 0.4) is 0 Å². The molecule has 0 radical (unpaired) electrons. The van der Waals surface area contributed by atoms with E-state index in [0.717, 1.165) is 25.1 Å². The lowest BCUT2D eigenvalue weighted by Gasteiger charge is -2.26. The van der Waals surface area contributed by atoms with Gasteiger partial charge in [-0.2, -0.15) is 0 Å². The maximum absolute atomic E-state index is 12.5. The fourth-order valence-corrected chi connectivity index (χ4v) is 3.29. The van der Waals surface area contributed by atoms with E-state index < -0.39 is 0 Å². The Kier molecular flexibility index (Phi) is 6.65. The Morgan fingerprint density at radius 1 is 0.931 bits per heavy atom. The van der Waals surface area contributed by atoms with E-state index >= 15 is 0 Å². The summed E-state index contributed by atoms with van der Waals surface area (Å²) in [6.07, 6.45) is 2.99. The van der Waals surface area contributed by atoms with Crippen LogP contribution in [0.1, 0.15) is 49.9 Å². The van der Waals surface area contributed by atoms with Gasteiger partial charge in [0.1, 0.15) is 0 Å². The van der Waals surface area contributed by atoms with E-state index in [9.17, 15) is 14.4 Å². The summed E-state index contributed by atoms with van der Waals surface area (Å²) >= 11 is 0. The molecule has 6 heteroatoms. The summed E-state index contributed by atoms with van der Waals surface area (Å²) in [5.41, 5.74) is 2.69. The molecule has 2 N–H and O–H groups in total. The standard InChI is InChI=1S/C23H27N3O3/c1-16(2)15-21(27)24-18-8-10-19(11-9-18)25-23(29)17-6-12-20(13-7-17)26-14-4-3-5-22(26)28/h6-13,16H,3-5,14-15H2,1-2H3,(H,24,27)(H,25,29). The van der Waals surface area contributed by atoms with E-state index in [1.54, 1.807) is 41.3 Å². The summed E-state index contributed by atoms with van der Waals surface area (Å²) in [5.74, 6) is 0.184. The molecule has 2 aromatic rings. The molecule has 0 aromatic heterocycles. The van der Waals surface area contributed by atoms with Crippen molar-refractivity contribution in [3.63, 3.8) is 0 Å². The average Bonchev–Trinajstić information content (AvgIpc) is 2.69. The first-order valence-corrected chi connectivity index (χ1v) is 10.0. The molecule has 0 spiro atoms. The molecule has 1 fully saturated rings. The molecule has 3 rings (SSSR count). The average molecular weight is 393 g/mol. The van der Waals surface area contributed by atoms with Crippen molar-refractivity contribution in [1.29, 1.82) is 0 Å². The highest BCUT2D eigenvalue weighted by Gasteiger charge is 2.19. The molecule has 0 unspecified atom stereocenters. The molecule has 29 heavy (non-hydrogen) atoms. The molecule has 0 saturated carbocycles. The lowest BCUT2D eigenvalue weighted by Crippen LogP contribution is -2.35. The fourth-order valence-electron chi connectivity index (χ4n) is 3.29. The van der Waals surface area contributed by atoms with Gasteiger partial charge in [-0.15, -0.1) is 0 Å². The molecule has 0 aliphatic carbocycles. The minimum atomic E-state index is -0.224. The number of hydrogen-bond donors (Lipinski definition) is 2. The zero-order valence-corrected chi connectivity index (χ0v) is 16.9. The van der Waals surface area contributed by atoms with Crippen molar-refractivity contribution in [2.75, 3.05) is 22.1 Å². The molecule has 2 aromatic carbocycles. The van der Waals surface area contributed by atoms with Gasteiger partial charge >= 0.3 is 0 Å². The molecule has 0 atom stereocenters. The van der Waals surface area contributed by atoms with E-state index in [4.69, 9.17) is 0 Å². The van der Waals surface area contributed by atoms with E-state index in [1.165, 1.54) is 0 Å². The van der Waals surface area contributed by atoms with Crippen LogP contribution >= 0.6 is 0 Å². The molecule has 1 saturated heterocycles. The highest BCUT2D eigenvalue weighted by molar-refractivity contribution is 6.05. The Labute approximate surface area is 171 Å². The molecule has 0 bridgehead atoms. The largest absolute Gasteiger partial charge is 0.326 e. The van der Waals surface area contributed by atoms with Gasteiger partial charge in [0.2, 0.25) is 11.8 Å². The van der Waals surface area contributed by atoms with Crippen LogP contribution in [0.25, 0.3) is 0 Å². The summed E-state index contributed by atoms with van der Waals surface area (Å²) in [6.45, 7) is 4.72. The van der Waals surface area contributed by atoms with Gasteiger partial charge in [-0.25, -0.2) is 0 Å². The number of piperidine rings is 1. The van der Waals surface area contributed by atoms with E-state index in [2.05, 4.69) is 10.6 Å². The van der Waals surface area contributed by atoms with Gasteiger partial charge in [0, 0.05) is 42.0 Å². The highest BCUT2D eigenvalue weighted by Crippen LogP contribution is 2.22. The van der Waals surface area contributed by atoms with Crippen molar-refractivity contribution in [3.8, 4) is 0 Å². The van der Waals surface area contributed by atoms with Crippen LogP contribution in [0.2, 0.25) is 0 Å². The van der Waals surface area contributed by atoms with Gasteiger partial charge in [-0.1, -0.05) is 13.8 Å². The van der Waals surface area contributed by atoms with Gasteiger partial charge < -0.3 is 15.5 Å².